The fourth-order valence-electron chi connectivity index (χ4n) is 1.97. The molecule has 2 rings (SSSR count). The molecule has 20 heavy (non-hydrogen) atoms. The lowest BCUT2D eigenvalue weighted by Crippen LogP contribution is -2.31. The fraction of sp³-hybridized carbons (Fsp3) is 0.333. The molecule has 1 aromatic heterocycles. The summed E-state index contributed by atoms with van der Waals surface area (Å²) in [6, 6.07) is 5.79. The van der Waals surface area contributed by atoms with E-state index < -0.39 is 0 Å². The number of carbonyl (C=O) groups is 1. The van der Waals surface area contributed by atoms with Gasteiger partial charge in [0.15, 0.2) is 6.61 Å². The van der Waals surface area contributed by atoms with Gasteiger partial charge in [0.25, 0.3) is 5.91 Å². The molecule has 0 aliphatic carbocycles. The van der Waals surface area contributed by atoms with E-state index in [1.165, 1.54) is 5.56 Å². The Morgan fingerprint density at radius 2 is 2.25 bits per heavy atom. The van der Waals surface area contributed by atoms with Gasteiger partial charge in [-0.2, -0.15) is 5.10 Å². The number of aromatic nitrogens is 2. The second-order valence-corrected chi connectivity index (χ2v) is 4.88. The second kappa shape index (κ2) is 6.23. The molecule has 5 nitrogen and oxygen atoms in total. The Kier molecular flexibility index (Phi) is 4.40. The van der Waals surface area contributed by atoms with E-state index in [0.717, 1.165) is 16.9 Å². The van der Waals surface area contributed by atoms with Crippen LogP contribution in [-0.2, 0) is 4.79 Å². The number of hydrogen-bond donors (Lipinski definition) is 2. The molecule has 5 heteroatoms. The van der Waals surface area contributed by atoms with E-state index in [2.05, 4.69) is 15.5 Å². The van der Waals surface area contributed by atoms with Gasteiger partial charge in [0, 0.05) is 11.8 Å². The minimum absolute atomic E-state index is 0.00604. The maximum atomic E-state index is 11.8. The van der Waals surface area contributed by atoms with E-state index in [9.17, 15) is 4.79 Å². The summed E-state index contributed by atoms with van der Waals surface area (Å²) >= 11 is 0. The van der Waals surface area contributed by atoms with Crippen LogP contribution in [0.2, 0.25) is 0 Å². The predicted octanol–water partition coefficient (Wildman–Crippen LogP) is 2.28. The van der Waals surface area contributed by atoms with Crippen molar-refractivity contribution < 1.29 is 9.53 Å². The molecule has 0 spiro atoms. The Morgan fingerprint density at radius 1 is 1.45 bits per heavy atom. The van der Waals surface area contributed by atoms with Gasteiger partial charge in [0.1, 0.15) is 5.75 Å². The smallest absolute Gasteiger partial charge is 0.258 e. The number of benzene rings is 1. The van der Waals surface area contributed by atoms with E-state index in [1.54, 1.807) is 12.4 Å². The molecule has 106 valence electrons. The minimum atomic E-state index is -0.154. The van der Waals surface area contributed by atoms with Gasteiger partial charge in [-0.25, -0.2) is 0 Å². The predicted molar refractivity (Wildman–Crippen MR) is 76.6 cm³/mol. The minimum Gasteiger partial charge on any atom is -0.484 e. The Balaban J connectivity index is 1.86. The Hall–Kier alpha value is -2.30. The SMILES string of the molecule is Cc1ccc(OCC(=O)NC(C)c2cn[nH]c2)c(C)c1. The first-order valence-corrected chi connectivity index (χ1v) is 6.54. The molecule has 1 atom stereocenters. The number of nitrogens with zero attached hydrogens (tertiary/aromatic N) is 1. The van der Waals surface area contributed by atoms with Crippen LogP contribution in [0.25, 0.3) is 0 Å². The Morgan fingerprint density at radius 3 is 2.90 bits per heavy atom. The van der Waals surface area contributed by atoms with Crippen LogP contribution in [0.3, 0.4) is 0 Å². The number of carbonyl (C=O) groups excluding carboxylic acids is 1. The van der Waals surface area contributed by atoms with Crippen molar-refractivity contribution in [2.75, 3.05) is 6.61 Å². The number of amides is 1. The van der Waals surface area contributed by atoms with E-state index in [-0.39, 0.29) is 18.6 Å². The Bertz CT molecular complexity index is 579. The molecule has 0 radical (unpaired) electrons. The van der Waals surface area contributed by atoms with Crippen LogP contribution in [0.4, 0.5) is 0 Å². The van der Waals surface area contributed by atoms with Crippen molar-refractivity contribution in [3.8, 4) is 5.75 Å². The highest BCUT2D eigenvalue weighted by Crippen LogP contribution is 2.18. The molecule has 0 bridgehead atoms. The van der Waals surface area contributed by atoms with E-state index >= 15 is 0 Å². The molecule has 0 fully saturated rings. The fourth-order valence-corrected chi connectivity index (χ4v) is 1.97. The largest absolute Gasteiger partial charge is 0.484 e. The number of rotatable bonds is 5. The topological polar surface area (TPSA) is 67.0 Å². The monoisotopic (exact) mass is 273 g/mol. The van der Waals surface area contributed by atoms with Crippen molar-refractivity contribution in [1.29, 1.82) is 0 Å². The first-order chi connectivity index (χ1) is 9.56. The first kappa shape index (κ1) is 14.1. The maximum Gasteiger partial charge on any atom is 0.258 e. The number of aryl methyl sites for hydroxylation is 2. The number of ether oxygens (including phenoxy) is 1. The van der Waals surface area contributed by atoms with Crippen LogP contribution in [0, 0.1) is 13.8 Å². The molecular formula is C15H19N3O2. The molecule has 2 N–H and O–H groups in total. The van der Waals surface area contributed by atoms with E-state index in [4.69, 9.17) is 4.74 Å². The maximum absolute atomic E-state index is 11.8. The highest BCUT2D eigenvalue weighted by atomic mass is 16.5. The van der Waals surface area contributed by atoms with Crippen LogP contribution in [0.1, 0.15) is 29.7 Å². The van der Waals surface area contributed by atoms with E-state index in [1.807, 2.05) is 39.0 Å². The van der Waals surface area contributed by atoms with Crippen LogP contribution in [0.15, 0.2) is 30.6 Å². The highest BCUT2D eigenvalue weighted by molar-refractivity contribution is 5.78. The highest BCUT2D eigenvalue weighted by Gasteiger charge is 2.11. The van der Waals surface area contributed by atoms with Crippen molar-refractivity contribution in [2.45, 2.75) is 26.8 Å². The summed E-state index contributed by atoms with van der Waals surface area (Å²) in [6.07, 6.45) is 3.45. The zero-order valence-electron chi connectivity index (χ0n) is 11.9. The summed E-state index contributed by atoms with van der Waals surface area (Å²) in [5.74, 6) is 0.584. The lowest BCUT2D eigenvalue weighted by Gasteiger charge is -2.13. The molecular weight excluding hydrogens is 254 g/mol. The zero-order chi connectivity index (χ0) is 14.5. The average molecular weight is 273 g/mol. The molecule has 0 saturated carbocycles. The van der Waals surface area contributed by atoms with Crippen molar-refractivity contribution in [3.05, 3.63) is 47.3 Å². The quantitative estimate of drug-likeness (QED) is 0.878. The van der Waals surface area contributed by atoms with Crippen LogP contribution >= 0.6 is 0 Å². The van der Waals surface area contributed by atoms with Gasteiger partial charge < -0.3 is 10.1 Å². The number of hydrogen-bond acceptors (Lipinski definition) is 3. The van der Waals surface area contributed by atoms with E-state index in [0.29, 0.717) is 0 Å². The molecule has 0 saturated heterocycles. The van der Waals surface area contributed by atoms with Gasteiger partial charge in [-0.05, 0) is 32.4 Å². The number of H-pyrrole nitrogens is 1. The standard InChI is InChI=1S/C15H19N3O2/c1-10-4-5-14(11(2)6-10)20-9-15(19)18-12(3)13-7-16-17-8-13/h4-8,12H,9H2,1-3H3,(H,16,17)(H,18,19). The van der Waals surface area contributed by atoms with Gasteiger partial charge in [-0.3, -0.25) is 9.89 Å². The van der Waals surface area contributed by atoms with Crippen LogP contribution in [0.5, 0.6) is 5.75 Å². The van der Waals surface area contributed by atoms with Gasteiger partial charge in [0.05, 0.1) is 12.2 Å². The molecule has 1 unspecified atom stereocenters. The van der Waals surface area contributed by atoms with Gasteiger partial charge in [-0.15, -0.1) is 0 Å². The molecule has 0 aliphatic rings. The van der Waals surface area contributed by atoms with Crippen molar-refractivity contribution in [1.82, 2.24) is 15.5 Å². The summed E-state index contributed by atoms with van der Waals surface area (Å²) < 4.78 is 5.54. The average Bonchev–Trinajstić information content (AvgIpc) is 2.91. The summed E-state index contributed by atoms with van der Waals surface area (Å²) in [4.78, 5) is 11.8. The third-order valence-electron chi connectivity index (χ3n) is 3.09. The van der Waals surface area contributed by atoms with Crippen LogP contribution < -0.4 is 10.1 Å². The molecule has 1 heterocycles. The summed E-state index contributed by atoms with van der Waals surface area (Å²) in [6.45, 7) is 5.90. The van der Waals surface area contributed by atoms with Gasteiger partial charge in [0.2, 0.25) is 0 Å². The lowest BCUT2D eigenvalue weighted by atomic mass is 10.1. The first-order valence-electron chi connectivity index (χ1n) is 6.54. The Labute approximate surface area is 118 Å². The summed E-state index contributed by atoms with van der Waals surface area (Å²) in [5, 5.41) is 9.44. The lowest BCUT2D eigenvalue weighted by molar-refractivity contribution is -0.123. The van der Waals surface area contributed by atoms with Crippen molar-refractivity contribution >= 4 is 5.91 Å². The number of nitrogens with one attached hydrogen (secondary N) is 2. The molecule has 0 aliphatic heterocycles. The van der Waals surface area contributed by atoms with Gasteiger partial charge in [-0.1, -0.05) is 17.7 Å². The third-order valence-corrected chi connectivity index (χ3v) is 3.09. The van der Waals surface area contributed by atoms with Gasteiger partial charge >= 0.3 is 0 Å². The zero-order valence-corrected chi connectivity index (χ0v) is 11.9. The molecule has 2 aromatic rings. The normalized spacial score (nSPS) is 11.9. The molecule has 1 aromatic carbocycles. The second-order valence-electron chi connectivity index (χ2n) is 4.88. The summed E-state index contributed by atoms with van der Waals surface area (Å²) in [7, 11) is 0. The summed E-state index contributed by atoms with van der Waals surface area (Å²) in [5.41, 5.74) is 3.14. The number of aromatic amines is 1. The van der Waals surface area contributed by atoms with Crippen molar-refractivity contribution in [2.24, 2.45) is 0 Å². The molecule has 1 amide bonds. The van der Waals surface area contributed by atoms with Crippen LogP contribution in [-0.4, -0.2) is 22.7 Å². The van der Waals surface area contributed by atoms with Crippen molar-refractivity contribution in [3.63, 3.8) is 0 Å². The third kappa shape index (κ3) is 3.60.